The van der Waals surface area contributed by atoms with E-state index in [2.05, 4.69) is 15.7 Å². The lowest BCUT2D eigenvalue weighted by Crippen LogP contribution is -2.23. The molecule has 0 atom stereocenters. The molecule has 0 radical (unpaired) electrons. The highest BCUT2D eigenvalue weighted by Crippen LogP contribution is 2.36. The summed E-state index contributed by atoms with van der Waals surface area (Å²) in [6, 6.07) is 5.08. The number of hydrazone groups is 1. The van der Waals surface area contributed by atoms with E-state index in [4.69, 9.17) is 50.9 Å². The van der Waals surface area contributed by atoms with Crippen molar-refractivity contribution in [3.05, 3.63) is 39.6 Å². The van der Waals surface area contributed by atoms with Gasteiger partial charge in [0.15, 0.2) is 4.84 Å². The Bertz CT molecular complexity index is 708. The largest absolute Gasteiger partial charge is 0.360 e. The second-order valence-electron chi connectivity index (χ2n) is 4.13. The van der Waals surface area contributed by atoms with Gasteiger partial charge in [-0.05, 0) is 19.1 Å². The first-order valence-electron chi connectivity index (χ1n) is 5.93. The van der Waals surface area contributed by atoms with Crippen LogP contribution in [0, 0.1) is 6.92 Å². The normalized spacial score (nSPS) is 11.4. The van der Waals surface area contributed by atoms with Crippen molar-refractivity contribution < 1.29 is 9.32 Å². The molecule has 1 heterocycles. The van der Waals surface area contributed by atoms with Crippen molar-refractivity contribution in [1.82, 2.24) is 10.6 Å². The average molecular weight is 381 g/mol. The minimum absolute atomic E-state index is 0.416. The number of hydrogen-bond acceptors (Lipinski definition) is 4. The zero-order chi connectivity index (χ0) is 16.3. The lowest BCUT2D eigenvalue weighted by molar-refractivity contribution is -0.119. The molecule has 9 heteroatoms. The van der Waals surface area contributed by atoms with Gasteiger partial charge in [0.25, 0.3) is 5.91 Å². The predicted molar refractivity (Wildman–Crippen MR) is 87.9 cm³/mol. The Labute approximate surface area is 146 Å². The van der Waals surface area contributed by atoms with Gasteiger partial charge in [-0.1, -0.05) is 57.6 Å². The first kappa shape index (κ1) is 17.1. The highest BCUT2D eigenvalue weighted by molar-refractivity contribution is 6.53. The summed E-state index contributed by atoms with van der Waals surface area (Å²) in [5, 5.41) is 8.54. The fraction of sp³-hybridized carbons (Fsp3) is 0.154. The third-order valence-electron chi connectivity index (χ3n) is 2.67. The Balaban J connectivity index is 2.37. The molecule has 22 heavy (non-hydrogen) atoms. The van der Waals surface area contributed by atoms with E-state index in [0.29, 0.717) is 32.6 Å². The summed E-state index contributed by atoms with van der Waals surface area (Å²) < 4.78 is 5.14. The summed E-state index contributed by atoms with van der Waals surface area (Å²) in [5.41, 5.74) is 3.64. The third kappa shape index (κ3) is 3.73. The summed E-state index contributed by atoms with van der Waals surface area (Å²) in [7, 11) is 0. The zero-order valence-electron chi connectivity index (χ0n) is 11.1. The van der Waals surface area contributed by atoms with E-state index >= 15 is 0 Å². The average Bonchev–Trinajstić information content (AvgIpc) is 2.80. The Morgan fingerprint density at radius 2 is 2.00 bits per heavy atom. The monoisotopic (exact) mass is 379 g/mol. The number of nitrogens with zero attached hydrogens (tertiary/aromatic N) is 2. The minimum atomic E-state index is -1.21. The number of carbonyl (C=O) groups excluding carboxylic acids is 1. The van der Waals surface area contributed by atoms with E-state index in [9.17, 15) is 4.79 Å². The first-order valence-corrected chi connectivity index (χ1v) is 7.56. The highest BCUT2D eigenvalue weighted by Gasteiger charge is 2.18. The maximum Gasteiger partial charge on any atom is 0.273 e. The fourth-order valence-corrected chi connectivity index (χ4v) is 2.32. The number of carbonyl (C=O) groups is 1. The van der Waals surface area contributed by atoms with Gasteiger partial charge in [-0.3, -0.25) is 4.79 Å². The van der Waals surface area contributed by atoms with Gasteiger partial charge in [-0.15, -0.1) is 0 Å². The van der Waals surface area contributed by atoms with Crippen LogP contribution in [0.2, 0.25) is 10.0 Å². The molecule has 0 saturated heterocycles. The molecule has 2 rings (SSSR count). The van der Waals surface area contributed by atoms with Gasteiger partial charge in [-0.2, -0.15) is 5.10 Å². The van der Waals surface area contributed by atoms with Crippen LogP contribution in [-0.2, 0) is 4.79 Å². The number of rotatable bonds is 4. The summed E-state index contributed by atoms with van der Waals surface area (Å²) >= 11 is 23.1. The maximum absolute atomic E-state index is 11.2. The van der Waals surface area contributed by atoms with Crippen molar-refractivity contribution in [2.75, 3.05) is 0 Å². The van der Waals surface area contributed by atoms with Gasteiger partial charge in [0, 0.05) is 5.56 Å². The molecule has 0 aliphatic rings. The molecular weight excluding hydrogens is 372 g/mol. The van der Waals surface area contributed by atoms with Crippen LogP contribution in [0.15, 0.2) is 27.8 Å². The lowest BCUT2D eigenvalue weighted by Gasteiger charge is -2.04. The van der Waals surface area contributed by atoms with Crippen LogP contribution in [0.1, 0.15) is 11.3 Å². The lowest BCUT2D eigenvalue weighted by atomic mass is 10.1. The Hall–Kier alpha value is -1.27. The topological polar surface area (TPSA) is 67.5 Å². The van der Waals surface area contributed by atoms with Gasteiger partial charge in [0.2, 0.25) is 0 Å². The molecule has 1 aromatic carbocycles. The SMILES string of the molecule is Cc1onc(-c2c(Cl)cccc2Cl)c1/C=N\NC(=O)C(Cl)Cl. The third-order valence-corrected chi connectivity index (χ3v) is 3.70. The van der Waals surface area contributed by atoms with Crippen LogP contribution in [-0.4, -0.2) is 22.1 Å². The molecule has 5 nitrogen and oxygen atoms in total. The quantitative estimate of drug-likeness (QED) is 0.490. The number of aryl methyl sites for hydroxylation is 1. The van der Waals surface area contributed by atoms with Crippen LogP contribution in [0.25, 0.3) is 11.3 Å². The molecule has 0 fully saturated rings. The fourth-order valence-electron chi connectivity index (χ4n) is 1.64. The van der Waals surface area contributed by atoms with Crippen molar-refractivity contribution in [3.8, 4) is 11.3 Å². The Morgan fingerprint density at radius 3 is 2.59 bits per heavy atom. The van der Waals surface area contributed by atoms with Crippen molar-refractivity contribution >= 4 is 58.5 Å². The van der Waals surface area contributed by atoms with Gasteiger partial charge in [0.05, 0.1) is 21.8 Å². The number of alkyl halides is 2. The maximum atomic E-state index is 11.2. The molecule has 2 aromatic rings. The Kier molecular flexibility index (Phi) is 5.69. The summed E-state index contributed by atoms with van der Waals surface area (Å²) in [5.74, 6) is -0.164. The van der Waals surface area contributed by atoms with Crippen molar-refractivity contribution in [2.45, 2.75) is 11.8 Å². The molecule has 1 aromatic heterocycles. The van der Waals surface area contributed by atoms with Crippen LogP contribution < -0.4 is 5.43 Å². The van der Waals surface area contributed by atoms with E-state index in [0.717, 1.165) is 0 Å². The van der Waals surface area contributed by atoms with Gasteiger partial charge >= 0.3 is 0 Å². The van der Waals surface area contributed by atoms with Crippen LogP contribution >= 0.6 is 46.4 Å². The van der Waals surface area contributed by atoms with E-state index in [1.54, 1.807) is 25.1 Å². The van der Waals surface area contributed by atoms with E-state index in [1.807, 2.05) is 0 Å². The van der Waals surface area contributed by atoms with Crippen LogP contribution in [0.5, 0.6) is 0 Å². The number of hydrogen-bond donors (Lipinski definition) is 1. The molecule has 1 N–H and O–H groups in total. The highest BCUT2D eigenvalue weighted by atomic mass is 35.5. The number of nitrogens with one attached hydrogen (secondary N) is 1. The van der Waals surface area contributed by atoms with Crippen LogP contribution in [0.4, 0.5) is 0 Å². The second-order valence-corrected chi connectivity index (χ2v) is 6.04. The smallest absolute Gasteiger partial charge is 0.273 e. The van der Waals surface area contributed by atoms with Crippen molar-refractivity contribution in [2.24, 2.45) is 5.10 Å². The van der Waals surface area contributed by atoms with E-state index in [1.165, 1.54) is 6.21 Å². The molecule has 116 valence electrons. The predicted octanol–water partition coefficient (Wildman–Crippen LogP) is 4.21. The molecule has 0 saturated carbocycles. The summed E-state index contributed by atoms with van der Waals surface area (Å²) in [6.45, 7) is 1.69. The molecule has 1 amide bonds. The van der Waals surface area contributed by atoms with Gasteiger partial charge < -0.3 is 4.52 Å². The first-order chi connectivity index (χ1) is 10.4. The second kappa shape index (κ2) is 7.33. The number of benzene rings is 1. The standard InChI is InChI=1S/C13H9Cl4N3O2/c1-6-7(5-18-19-13(21)12(16)17)11(20-22-6)10-8(14)3-2-4-9(10)15/h2-5,12H,1H3,(H,19,21)/b18-5-. The molecule has 0 bridgehead atoms. The van der Waals surface area contributed by atoms with Gasteiger partial charge in [-0.25, -0.2) is 5.43 Å². The number of amides is 1. The van der Waals surface area contributed by atoms with E-state index in [-0.39, 0.29) is 0 Å². The van der Waals surface area contributed by atoms with Crippen molar-refractivity contribution in [1.29, 1.82) is 0 Å². The number of aromatic nitrogens is 1. The van der Waals surface area contributed by atoms with Crippen LogP contribution in [0.3, 0.4) is 0 Å². The zero-order valence-corrected chi connectivity index (χ0v) is 14.1. The Morgan fingerprint density at radius 1 is 1.36 bits per heavy atom. The molecular formula is C13H9Cl4N3O2. The summed E-state index contributed by atoms with van der Waals surface area (Å²) in [6.07, 6.45) is 1.36. The minimum Gasteiger partial charge on any atom is -0.360 e. The number of halogens is 4. The molecule has 0 spiro atoms. The van der Waals surface area contributed by atoms with Crippen molar-refractivity contribution in [3.63, 3.8) is 0 Å². The molecule has 0 unspecified atom stereocenters. The molecule has 0 aliphatic carbocycles. The van der Waals surface area contributed by atoms with E-state index < -0.39 is 10.7 Å². The summed E-state index contributed by atoms with van der Waals surface area (Å²) in [4.78, 5) is 10.0. The molecule has 0 aliphatic heterocycles. The van der Waals surface area contributed by atoms with Gasteiger partial charge in [0.1, 0.15) is 11.5 Å².